The van der Waals surface area contributed by atoms with Gasteiger partial charge in [0.1, 0.15) is 5.82 Å². The summed E-state index contributed by atoms with van der Waals surface area (Å²) in [6.45, 7) is 7.01. The Hall–Kier alpha value is -1.61. The number of pyridine rings is 1. The van der Waals surface area contributed by atoms with Gasteiger partial charge in [-0.05, 0) is 56.4 Å². The maximum atomic E-state index is 5.52. The van der Waals surface area contributed by atoms with Gasteiger partial charge < -0.3 is 10.1 Å². The van der Waals surface area contributed by atoms with E-state index in [-0.39, 0.29) is 0 Å². The molecule has 0 amide bonds. The summed E-state index contributed by atoms with van der Waals surface area (Å²) in [5.41, 5.74) is 3.63. The maximum absolute atomic E-state index is 5.52. The lowest BCUT2D eigenvalue weighted by atomic mass is 10.0. The van der Waals surface area contributed by atoms with E-state index in [0.717, 1.165) is 31.1 Å². The molecular formula is C17H22N2O. The zero-order valence-corrected chi connectivity index (χ0v) is 12.3. The quantitative estimate of drug-likeness (QED) is 0.923. The molecule has 3 heteroatoms. The molecule has 3 rings (SSSR count). The Kier molecular flexibility index (Phi) is 3.88. The van der Waals surface area contributed by atoms with Gasteiger partial charge in [0.15, 0.2) is 0 Å². The molecule has 1 atom stereocenters. The summed E-state index contributed by atoms with van der Waals surface area (Å²) < 4.78 is 5.52. The first kappa shape index (κ1) is 13.4. The van der Waals surface area contributed by atoms with Gasteiger partial charge in [0.2, 0.25) is 0 Å². The number of aromatic nitrogens is 1. The number of nitrogens with zero attached hydrogens (tertiary/aromatic N) is 1. The van der Waals surface area contributed by atoms with Crippen molar-refractivity contribution in [2.24, 2.45) is 5.92 Å². The summed E-state index contributed by atoms with van der Waals surface area (Å²) in [6, 6.07) is 8.57. The number of ether oxygens (including phenoxy) is 1. The van der Waals surface area contributed by atoms with Gasteiger partial charge in [-0.15, -0.1) is 0 Å². The summed E-state index contributed by atoms with van der Waals surface area (Å²) >= 11 is 0. The van der Waals surface area contributed by atoms with Crippen LogP contribution in [0.3, 0.4) is 0 Å². The molecule has 1 aromatic heterocycles. The van der Waals surface area contributed by atoms with E-state index in [2.05, 4.69) is 43.4 Å². The Morgan fingerprint density at radius 2 is 2.20 bits per heavy atom. The predicted molar refractivity (Wildman–Crippen MR) is 83.2 cm³/mol. The van der Waals surface area contributed by atoms with Gasteiger partial charge in [-0.25, -0.2) is 4.98 Å². The monoisotopic (exact) mass is 270 g/mol. The summed E-state index contributed by atoms with van der Waals surface area (Å²) in [4.78, 5) is 4.71. The van der Waals surface area contributed by atoms with Crippen molar-refractivity contribution in [1.82, 2.24) is 4.98 Å². The normalized spacial score (nSPS) is 19.2. The molecule has 1 aliphatic rings. The number of benzene rings is 1. The Balaban J connectivity index is 1.76. The molecule has 3 nitrogen and oxygen atoms in total. The van der Waals surface area contributed by atoms with E-state index >= 15 is 0 Å². The first-order valence-corrected chi connectivity index (χ1v) is 7.42. The van der Waals surface area contributed by atoms with E-state index in [9.17, 15) is 0 Å². The zero-order chi connectivity index (χ0) is 13.9. The van der Waals surface area contributed by atoms with Crippen LogP contribution in [0.5, 0.6) is 0 Å². The number of anilines is 1. The van der Waals surface area contributed by atoms with E-state index in [1.807, 2.05) is 0 Å². The van der Waals surface area contributed by atoms with Crippen molar-refractivity contribution in [3.05, 3.63) is 35.4 Å². The first-order valence-electron chi connectivity index (χ1n) is 7.42. The van der Waals surface area contributed by atoms with E-state index in [1.165, 1.54) is 29.4 Å². The van der Waals surface area contributed by atoms with E-state index in [0.29, 0.717) is 5.92 Å². The molecule has 1 aliphatic heterocycles. The second-order valence-electron chi connectivity index (χ2n) is 5.81. The van der Waals surface area contributed by atoms with Crippen LogP contribution in [-0.4, -0.2) is 24.7 Å². The summed E-state index contributed by atoms with van der Waals surface area (Å²) in [5.74, 6) is 1.59. The highest BCUT2D eigenvalue weighted by Gasteiger charge is 2.13. The summed E-state index contributed by atoms with van der Waals surface area (Å²) in [5, 5.41) is 4.72. The third-order valence-corrected chi connectivity index (χ3v) is 4.00. The second kappa shape index (κ2) is 5.80. The molecule has 2 heterocycles. The van der Waals surface area contributed by atoms with Gasteiger partial charge in [0.25, 0.3) is 0 Å². The third-order valence-electron chi connectivity index (χ3n) is 4.00. The first-order chi connectivity index (χ1) is 9.72. The van der Waals surface area contributed by atoms with Crippen LogP contribution in [0, 0.1) is 19.8 Å². The van der Waals surface area contributed by atoms with Crippen molar-refractivity contribution in [2.75, 3.05) is 25.1 Å². The van der Waals surface area contributed by atoms with Gasteiger partial charge in [0.05, 0.1) is 12.1 Å². The number of nitrogens with one attached hydrogen (secondary N) is 1. The molecule has 0 spiro atoms. The fourth-order valence-electron chi connectivity index (χ4n) is 2.82. The Morgan fingerprint density at radius 3 is 3.00 bits per heavy atom. The molecular weight excluding hydrogens is 248 g/mol. The fraction of sp³-hybridized carbons (Fsp3) is 0.471. The highest BCUT2D eigenvalue weighted by Crippen LogP contribution is 2.22. The minimum atomic E-state index is 0.611. The zero-order valence-electron chi connectivity index (χ0n) is 12.3. The van der Waals surface area contributed by atoms with Crippen LogP contribution >= 0.6 is 0 Å². The third kappa shape index (κ3) is 2.93. The SMILES string of the molecule is Cc1ccc2nc(NCC3CCCOC3)cc(C)c2c1. The Labute approximate surface area is 120 Å². The average molecular weight is 270 g/mol. The standard InChI is InChI=1S/C17H22N2O/c1-12-5-6-16-15(8-12)13(2)9-17(19-16)18-10-14-4-3-7-20-11-14/h5-6,8-9,14H,3-4,7,10-11H2,1-2H3,(H,18,19). The molecule has 2 aromatic rings. The number of hydrogen-bond acceptors (Lipinski definition) is 3. The highest BCUT2D eigenvalue weighted by molar-refractivity contribution is 5.84. The van der Waals surface area contributed by atoms with Gasteiger partial charge in [-0.2, -0.15) is 0 Å². The molecule has 0 bridgehead atoms. The largest absolute Gasteiger partial charge is 0.381 e. The van der Waals surface area contributed by atoms with Crippen molar-refractivity contribution < 1.29 is 4.74 Å². The van der Waals surface area contributed by atoms with Crippen molar-refractivity contribution in [2.45, 2.75) is 26.7 Å². The van der Waals surface area contributed by atoms with Gasteiger partial charge in [-0.3, -0.25) is 0 Å². The summed E-state index contributed by atoms with van der Waals surface area (Å²) in [6.07, 6.45) is 2.43. The minimum Gasteiger partial charge on any atom is -0.381 e. The number of aryl methyl sites for hydroxylation is 2. The molecule has 1 N–H and O–H groups in total. The van der Waals surface area contributed by atoms with Crippen LogP contribution in [-0.2, 0) is 4.74 Å². The average Bonchev–Trinajstić information content (AvgIpc) is 2.47. The highest BCUT2D eigenvalue weighted by atomic mass is 16.5. The molecule has 0 aliphatic carbocycles. The lowest BCUT2D eigenvalue weighted by Crippen LogP contribution is -2.24. The van der Waals surface area contributed by atoms with Crippen LogP contribution in [0.25, 0.3) is 10.9 Å². The number of fused-ring (bicyclic) bond motifs is 1. The van der Waals surface area contributed by atoms with Crippen LogP contribution in [0.15, 0.2) is 24.3 Å². The van der Waals surface area contributed by atoms with Crippen molar-refractivity contribution >= 4 is 16.7 Å². The Morgan fingerprint density at radius 1 is 1.30 bits per heavy atom. The summed E-state index contributed by atoms with van der Waals surface area (Å²) in [7, 11) is 0. The molecule has 1 fully saturated rings. The van der Waals surface area contributed by atoms with Crippen molar-refractivity contribution in [1.29, 1.82) is 0 Å². The molecule has 0 saturated carbocycles. The Bertz CT molecular complexity index is 603. The minimum absolute atomic E-state index is 0.611. The van der Waals surface area contributed by atoms with Crippen LogP contribution < -0.4 is 5.32 Å². The lowest BCUT2D eigenvalue weighted by molar-refractivity contribution is 0.0595. The van der Waals surface area contributed by atoms with E-state index in [4.69, 9.17) is 9.72 Å². The predicted octanol–water partition coefficient (Wildman–Crippen LogP) is 3.69. The van der Waals surface area contributed by atoms with Crippen LogP contribution in [0.1, 0.15) is 24.0 Å². The van der Waals surface area contributed by atoms with Crippen LogP contribution in [0.2, 0.25) is 0 Å². The topological polar surface area (TPSA) is 34.2 Å². The molecule has 0 radical (unpaired) electrons. The lowest BCUT2D eigenvalue weighted by Gasteiger charge is -2.22. The number of hydrogen-bond donors (Lipinski definition) is 1. The van der Waals surface area contributed by atoms with Gasteiger partial charge in [-0.1, -0.05) is 11.6 Å². The second-order valence-corrected chi connectivity index (χ2v) is 5.81. The van der Waals surface area contributed by atoms with Crippen molar-refractivity contribution in [3.8, 4) is 0 Å². The van der Waals surface area contributed by atoms with Gasteiger partial charge in [0, 0.05) is 18.5 Å². The van der Waals surface area contributed by atoms with E-state index < -0.39 is 0 Å². The molecule has 20 heavy (non-hydrogen) atoms. The van der Waals surface area contributed by atoms with Gasteiger partial charge >= 0.3 is 0 Å². The molecule has 1 saturated heterocycles. The molecule has 1 unspecified atom stereocenters. The smallest absolute Gasteiger partial charge is 0.126 e. The molecule has 106 valence electrons. The fourth-order valence-corrected chi connectivity index (χ4v) is 2.82. The molecule has 1 aromatic carbocycles. The number of rotatable bonds is 3. The maximum Gasteiger partial charge on any atom is 0.126 e. The van der Waals surface area contributed by atoms with Crippen LogP contribution in [0.4, 0.5) is 5.82 Å². The van der Waals surface area contributed by atoms with E-state index in [1.54, 1.807) is 0 Å². The van der Waals surface area contributed by atoms with Crippen molar-refractivity contribution in [3.63, 3.8) is 0 Å².